The van der Waals surface area contributed by atoms with E-state index in [0.29, 0.717) is 0 Å². The van der Waals surface area contributed by atoms with Gasteiger partial charge in [0, 0.05) is 50.4 Å². The minimum Gasteiger partial charge on any atom is -0.346 e. The third-order valence-electron chi connectivity index (χ3n) is 4.65. The monoisotopic (exact) mass is 367 g/mol. The van der Waals surface area contributed by atoms with E-state index in [4.69, 9.17) is 0 Å². The molecule has 142 valence electrons. The predicted molar refractivity (Wildman–Crippen MR) is 105 cm³/mol. The molecule has 0 spiro atoms. The summed E-state index contributed by atoms with van der Waals surface area (Å²) >= 11 is 0. The van der Waals surface area contributed by atoms with Crippen molar-refractivity contribution in [2.75, 3.05) is 13.1 Å². The van der Waals surface area contributed by atoms with Crippen LogP contribution in [-0.4, -0.2) is 43.1 Å². The van der Waals surface area contributed by atoms with Gasteiger partial charge in [-0.3, -0.25) is 18.7 Å². The topological polar surface area (TPSA) is 75.4 Å². The maximum Gasteiger partial charge on any atom is 0.256 e. The molecule has 0 radical (unpaired) electrons. The SMILES string of the molecule is C=CC(=O)N1CCCCCC1.Cn1cc(-c2cc(=O)n3cc[nH]c3c2)cn1. The summed E-state index contributed by atoms with van der Waals surface area (Å²) in [5.41, 5.74) is 2.56. The average molecular weight is 367 g/mol. The van der Waals surface area contributed by atoms with Gasteiger partial charge < -0.3 is 9.88 Å². The molecule has 27 heavy (non-hydrogen) atoms. The number of hydrogen-bond acceptors (Lipinski definition) is 3. The molecule has 0 atom stereocenters. The Hall–Kier alpha value is -3.09. The number of hydrogen-bond donors (Lipinski definition) is 1. The summed E-state index contributed by atoms with van der Waals surface area (Å²) in [6.45, 7) is 5.32. The Morgan fingerprint density at radius 1 is 1.19 bits per heavy atom. The van der Waals surface area contributed by atoms with Gasteiger partial charge in [0.15, 0.2) is 0 Å². The summed E-state index contributed by atoms with van der Waals surface area (Å²) in [6.07, 6.45) is 13.3. The highest BCUT2D eigenvalue weighted by Crippen LogP contribution is 2.17. The summed E-state index contributed by atoms with van der Waals surface area (Å²) in [7, 11) is 1.85. The molecule has 1 amide bonds. The van der Waals surface area contributed by atoms with Crippen molar-refractivity contribution >= 4 is 11.6 Å². The van der Waals surface area contributed by atoms with Crippen LogP contribution in [0.25, 0.3) is 16.8 Å². The number of pyridine rings is 1. The van der Waals surface area contributed by atoms with E-state index in [-0.39, 0.29) is 11.5 Å². The molecule has 7 nitrogen and oxygen atoms in total. The zero-order chi connectivity index (χ0) is 19.2. The van der Waals surface area contributed by atoms with Gasteiger partial charge in [-0.2, -0.15) is 5.10 Å². The van der Waals surface area contributed by atoms with Crippen molar-refractivity contribution in [1.29, 1.82) is 0 Å². The molecule has 4 rings (SSSR count). The Labute approximate surface area is 157 Å². The molecular weight excluding hydrogens is 342 g/mol. The van der Waals surface area contributed by atoms with E-state index in [1.807, 2.05) is 24.2 Å². The number of carbonyl (C=O) groups excluding carboxylic acids is 1. The molecule has 7 heteroatoms. The molecule has 1 aliphatic heterocycles. The van der Waals surface area contributed by atoms with Crippen LogP contribution in [0.15, 0.2) is 54.4 Å². The number of H-pyrrole nitrogens is 1. The van der Waals surface area contributed by atoms with Gasteiger partial charge in [-0.05, 0) is 30.5 Å². The summed E-state index contributed by atoms with van der Waals surface area (Å²) in [6, 6.07) is 3.54. The maximum absolute atomic E-state index is 11.8. The van der Waals surface area contributed by atoms with E-state index in [1.54, 1.807) is 33.7 Å². The highest BCUT2D eigenvalue weighted by Gasteiger charge is 2.11. The van der Waals surface area contributed by atoms with Crippen molar-refractivity contribution in [1.82, 2.24) is 24.1 Å². The van der Waals surface area contributed by atoms with Gasteiger partial charge >= 0.3 is 0 Å². The first kappa shape index (κ1) is 18.7. The third-order valence-corrected chi connectivity index (χ3v) is 4.65. The van der Waals surface area contributed by atoms with Gasteiger partial charge in [0.25, 0.3) is 5.56 Å². The second-order valence-corrected chi connectivity index (χ2v) is 6.64. The number of imidazole rings is 1. The van der Waals surface area contributed by atoms with Crippen LogP contribution in [0.1, 0.15) is 25.7 Å². The Balaban J connectivity index is 0.000000168. The Kier molecular flexibility index (Phi) is 5.90. The first-order valence-electron chi connectivity index (χ1n) is 9.18. The number of aryl methyl sites for hydroxylation is 1. The molecule has 0 unspecified atom stereocenters. The van der Waals surface area contributed by atoms with Gasteiger partial charge in [0.1, 0.15) is 5.65 Å². The van der Waals surface area contributed by atoms with Crippen molar-refractivity contribution in [3.63, 3.8) is 0 Å². The fourth-order valence-electron chi connectivity index (χ4n) is 3.20. The Morgan fingerprint density at radius 2 is 1.93 bits per heavy atom. The van der Waals surface area contributed by atoms with Crippen LogP contribution in [-0.2, 0) is 11.8 Å². The lowest BCUT2D eigenvalue weighted by atomic mass is 10.1. The highest BCUT2D eigenvalue weighted by atomic mass is 16.2. The predicted octanol–water partition coefficient (Wildman–Crippen LogP) is 2.60. The summed E-state index contributed by atoms with van der Waals surface area (Å²) in [4.78, 5) is 27.8. The average Bonchev–Trinajstić information content (AvgIpc) is 3.23. The van der Waals surface area contributed by atoms with E-state index in [2.05, 4.69) is 16.7 Å². The van der Waals surface area contributed by atoms with Crippen LogP contribution in [0.4, 0.5) is 0 Å². The van der Waals surface area contributed by atoms with Crippen molar-refractivity contribution in [2.45, 2.75) is 25.7 Å². The molecule has 0 aliphatic carbocycles. The normalized spacial score (nSPS) is 14.3. The van der Waals surface area contributed by atoms with Crippen LogP contribution in [0.2, 0.25) is 0 Å². The van der Waals surface area contributed by atoms with Gasteiger partial charge in [-0.25, -0.2) is 0 Å². The van der Waals surface area contributed by atoms with Gasteiger partial charge in [0.2, 0.25) is 5.91 Å². The van der Waals surface area contributed by atoms with E-state index >= 15 is 0 Å². The number of aromatic amines is 1. The van der Waals surface area contributed by atoms with E-state index in [9.17, 15) is 9.59 Å². The van der Waals surface area contributed by atoms with Crippen molar-refractivity contribution in [3.8, 4) is 11.1 Å². The number of carbonyl (C=O) groups is 1. The molecule has 0 aromatic carbocycles. The highest BCUT2D eigenvalue weighted by molar-refractivity contribution is 5.86. The zero-order valence-corrected chi connectivity index (χ0v) is 15.6. The maximum atomic E-state index is 11.8. The van der Waals surface area contributed by atoms with Gasteiger partial charge in [0.05, 0.1) is 6.20 Å². The molecule has 4 heterocycles. The number of amides is 1. The van der Waals surface area contributed by atoms with Crippen molar-refractivity contribution < 1.29 is 4.79 Å². The molecule has 1 aliphatic rings. The molecular formula is C20H25N5O2. The van der Waals surface area contributed by atoms with Gasteiger partial charge in [-0.1, -0.05) is 19.4 Å². The smallest absolute Gasteiger partial charge is 0.256 e. The van der Waals surface area contributed by atoms with Crippen molar-refractivity contribution in [3.05, 3.63) is 59.9 Å². The van der Waals surface area contributed by atoms with Crippen molar-refractivity contribution in [2.24, 2.45) is 7.05 Å². The third kappa shape index (κ3) is 4.55. The number of nitrogens with zero attached hydrogens (tertiary/aromatic N) is 4. The summed E-state index contributed by atoms with van der Waals surface area (Å²) < 4.78 is 3.28. The molecule has 3 aromatic rings. The standard InChI is InChI=1S/C11H10N4O.C9H15NO/c1-14-7-9(6-13-14)8-4-10-12-2-3-15(10)11(16)5-8;1-2-9(11)10-7-5-3-4-6-8-10/h2-7,12H,1H3;2H,1,3-8H2. The van der Waals surface area contributed by atoms with Crippen LogP contribution in [0.5, 0.6) is 0 Å². The van der Waals surface area contributed by atoms with Crippen LogP contribution in [0, 0.1) is 0 Å². The molecule has 0 saturated carbocycles. The minimum absolute atomic E-state index is 0.0439. The van der Waals surface area contributed by atoms with Gasteiger partial charge in [-0.15, -0.1) is 0 Å². The second-order valence-electron chi connectivity index (χ2n) is 6.64. The molecule has 1 N–H and O–H groups in total. The lowest BCUT2D eigenvalue weighted by Gasteiger charge is -2.17. The molecule has 1 fully saturated rings. The zero-order valence-electron chi connectivity index (χ0n) is 15.6. The summed E-state index contributed by atoms with van der Waals surface area (Å²) in [5, 5.41) is 4.09. The number of nitrogens with one attached hydrogen (secondary N) is 1. The largest absolute Gasteiger partial charge is 0.346 e. The Bertz CT molecular complexity index is 974. The Morgan fingerprint density at radius 3 is 2.56 bits per heavy atom. The first-order valence-corrected chi connectivity index (χ1v) is 9.18. The van der Waals surface area contributed by atoms with Crippen LogP contribution >= 0.6 is 0 Å². The van der Waals surface area contributed by atoms with E-state index in [0.717, 1.165) is 42.7 Å². The number of likely N-dealkylation sites (tertiary alicyclic amines) is 1. The second kappa shape index (κ2) is 8.53. The number of fused-ring (bicyclic) bond motifs is 1. The van der Waals surface area contributed by atoms with Crippen LogP contribution < -0.4 is 5.56 Å². The number of rotatable bonds is 2. The number of aromatic nitrogens is 4. The lowest BCUT2D eigenvalue weighted by molar-refractivity contribution is -0.125. The quantitative estimate of drug-likeness (QED) is 0.708. The lowest BCUT2D eigenvalue weighted by Crippen LogP contribution is -2.29. The fraction of sp³-hybridized carbons (Fsp3) is 0.350. The fourth-order valence-corrected chi connectivity index (χ4v) is 3.20. The van der Waals surface area contributed by atoms with Crippen LogP contribution in [0.3, 0.4) is 0 Å². The summed E-state index contributed by atoms with van der Waals surface area (Å²) in [5.74, 6) is 0.0897. The molecule has 3 aromatic heterocycles. The van der Waals surface area contributed by atoms with E-state index < -0.39 is 0 Å². The molecule has 0 bridgehead atoms. The first-order chi connectivity index (χ1) is 13.1. The minimum atomic E-state index is -0.0439. The van der Waals surface area contributed by atoms with E-state index in [1.165, 1.54) is 18.9 Å². The molecule has 1 saturated heterocycles.